The zero-order valence-electron chi connectivity index (χ0n) is 22.5. The lowest BCUT2D eigenvalue weighted by Gasteiger charge is -2.30. The average molecular weight is 533 g/mol. The number of anilines is 2. The Kier molecular flexibility index (Phi) is 7.60. The van der Waals surface area contributed by atoms with E-state index in [0.717, 1.165) is 12.8 Å². The third kappa shape index (κ3) is 4.63. The Labute approximate surface area is 227 Å². The smallest absolute Gasteiger partial charge is 0.266 e. The van der Waals surface area contributed by atoms with Gasteiger partial charge in [-0.05, 0) is 55.0 Å². The molecule has 204 valence electrons. The second-order valence-electron chi connectivity index (χ2n) is 9.29. The van der Waals surface area contributed by atoms with E-state index in [2.05, 4.69) is 6.92 Å². The molecule has 3 atom stereocenters. The Morgan fingerprint density at radius 1 is 0.795 bits per heavy atom. The SMILES string of the molecule is CCCCOc1ccc(N2C(=O)[C@@H]3[C@H](ON(c4ccccc4)[C@@H]3c3ccc(OC)c(OC)c3OC)C2=O)cc1. The number of hydroxylamine groups is 1. The van der Waals surface area contributed by atoms with Crippen LogP contribution in [0.15, 0.2) is 66.7 Å². The van der Waals surface area contributed by atoms with Gasteiger partial charge in [-0.25, -0.2) is 9.96 Å². The molecular weight excluding hydrogens is 500 g/mol. The summed E-state index contributed by atoms with van der Waals surface area (Å²) in [5.41, 5.74) is 1.80. The Morgan fingerprint density at radius 2 is 1.51 bits per heavy atom. The number of benzene rings is 3. The fourth-order valence-corrected chi connectivity index (χ4v) is 5.17. The van der Waals surface area contributed by atoms with E-state index < -0.39 is 24.0 Å². The fraction of sp³-hybridized carbons (Fsp3) is 0.333. The van der Waals surface area contributed by atoms with Crippen LogP contribution in [0.4, 0.5) is 11.4 Å². The van der Waals surface area contributed by atoms with Gasteiger partial charge in [0.1, 0.15) is 17.7 Å². The molecule has 2 heterocycles. The molecule has 2 amide bonds. The predicted octanol–water partition coefficient (Wildman–Crippen LogP) is 4.94. The Bertz CT molecular complexity index is 1330. The molecule has 0 bridgehead atoms. The summed E-state index contributed by atoms with van der Waals surface area (Å²) < 4.78 is 22.6. The summed E-state index contributed by atoms with van der Waals surface area (Å²) in [7, 11) is 4.59. The van der Waals surface area contributed by atoms with Crippen molar-refractivity contribution in [2.75, 3.05) is 37.9 Å². The van der Waals surface area contributed by atoms with Gasteiger partial charge in [0.15, 0.2) is 17.6 Å². The van der Waals surface area contributed by atoms with E-state index in [1.807, 2.05) is 36.4 Å². The number of methoxy groups -OCH3 is 3. The Balaban J connectivity index is 1.55. The summed E-state index contributed by atoms with van der Waals surface area (Å²) in [4.78, 5) is 35.1. The molecule has 0 spiro atoms. The zero-order chi connectivity index (χ0) is 27.5. The number of carbonyl (C=O) groups is 2. The lowest BCUT2D eigenvalue weighted by molar-refractivity contribution is -0.126. The highest BCUT2D eigenvalue weighted by atomic mass is 16.7. The minimum absolute atomic E-state index is 0.357. The number of imide groups is 1. The van der Waals surface area contributed by atoms with Gasteiger partial charge in [-0.15, -0.1) is 0 Å². The van der Waals surface area contributed by atoms with E-state index in [1.54, 1.807) is 42.5 Å². The molecular formula is C30H32N2O7. The second kappa shape index (κ2) is 11.2. The van der Waals surface area contributed by atoms with Gasteiger partial charge in [0.25, 0.3) is 5.91 Å². The summed E-state index contributed by atoms with van der Waals surface area (Å²) in [5, 5.41) is 1.62. The maximum Gasteiger partial charge on any atom is 0.266 e. The lowest BCUT2D eigenvalue weighted by Crippen LogP contribution is -2.37. The highest BCUT2D eigenvalue weighted by Gasteiger charge is 2.61. The number of fused-ring (bicyclic) bond motifs is 1. The van der Waals surface area contributed by atoms with E-state index in [0.29, 0.717) is 46.5 Å². The standard InChI is InChI=1S/C30H32N2O7/c1-5-6-18-38-21-14-12-19(13-15-21)31-29(33)24-25(22-16-17-23(35-2)27(37-4)26(22)36-3)32(39-28(24)30(31)34)20-10-8-7-9-11-20/h7-17,24-25,28H,5-6,18H2,1-4H3/t24-,25+,28-/m0/s1. The van der Waals surface area contributed by atoms with Crippen LogP contribution in [-0.2, 0) is 14.4 Å². The van der Waals surface area contributed by atoms with Gasteiger partial charge < -0.3 is 18.9 Å². The summed E-state index contributed by atoms with van der Waals surface area (Å²) in [5.74, 6) is 0.352. The second-order valence-corrected chi connectivity index (χ2v) is 9.29. The molecule has 0 aromatic heterocycles. The third-order valence-electron chi connectivity index (χ3n) is 7.04. The van der Waals surface area contributed by atoms with Crippen LogP contribution in [0.2, 0.25) is 0 Å². The quantitative estimate of drug-likeness (QED) is 0.268. The molecule has 0 unspecified atom stereocenters. The number of rotatable bonds is 10. The van der Waals surface area contributed by atoms with E-state index in [-0.39, 0.29) is 5.91 Å². The molecule has 0 N–H and O–H groups in total. The number of carbonyl (C=O) groups excluding carboxylic acids is 2. The fourth-order valence-electron chi connectivity index (χ4n) is 5.17. The molecule has 0 radical (unpaired) electrons. The van der Waals surface area contributed by atoms with Crippen molar-refractivity contribution >= 4 is 23.2 Å². The van der Waals surface area contributed by atoms with Crippen molar-refractivity contribution < 1.29 is 33.4 Å². The van der Waals surface area contributed by atoms with Crippen LogP contribution >= 0.6 is 0 Å². The van der Waals surface area contributed by atoms with Crippen molar-refractivity contribution in [1.29, 1.82) is 0 Å². The molecule has 9 heteroatoms. The summed E-state index contributed by atoms with van der Waals surface area (Å²) in [6.45, 7) is 2.71. The maximum atomic E-state index is 14.0. The van der Waals surface area contributed by atoms with E-state index in [9.17, 15) is 9.59 Å². The number of nitrogens with zero attached hydrogens (tertiary/aromatic N) is 2. The van der Waals surface area contributed by atoms with Crippen LogP contribution < -0.4 is 28.9 Å². The summed E-state index contributed by atoms with van der Waals surface area (Å²) >= 11 is 0. The van der Waals surface area contributed by atoms with Gasteiger partial charge in [0.05, 0.1) is 39.3 Å². The van der Waals surface area contributed by atoms with E-state index in [1.165, 1.54) is 19.1 Å². The van der Waals surface area contributed by atoms with Crippen molar-refractivity contribution in [3.63, 3.8) is 0 Å². The molecule has 3 aromatic rings. The minimum atomic E-state index is -1.01. The van der Waals surface area contributed by atoms with Crippen LogP contribution in [0.5, 0.6) is 23.0 Å². The van der Waals surface area contributed by atoms with Crippen molar-refractivity contribution in [3.8, 4) is 23.0 Å². The average Bonchev–Trinajstić information content (AvgIpc) is 3.48. The highest BCUT2D eigenvalue weighted by Crippen LogP contribution is 2.52. The Hall–Kier alpha value is -4.24. The van der Waals surface area contributed by atoms with E-state index >= 15 is 0 Å². The largest absolute Gasteiger partial charge is 0.494 e. The van der Waals surface area contributed by atoms with Gasteiger partial charge in [0.2, 0.25) is 11.7 Å². The van der Waals surface area contributed by atoms with Crippen molar-refractivity contribution in [2.24, 2.45) is 5.92 Å². The third-order valence-corrected chi connectivity index (χ3v) is 7.04. The number of ether oxygens (including phenoxy) is 4. The van der Waals surface area contributed by atoms with Gasteiger partial charge in [-0.3, -0.25) is 14.4 Å². The van der Waals surface area contributed by atoms with Crippen LogP contribution in [-0.4, -0.2) is 45.9 Å². The number of amides is 2. The topological polar surface area (TPSA) is 86.8 Å². The number of hydrogen-bond donors (Lipinski definition) is 0. The normalized spacial score (nSPS) is 20.3. The van der Waals surface area contributed by atoms with Crippen molar-refractivity contribution in [2.45, 2.75) is 31.9 Å². The first-order valence-corrected chi connectivity index (χ1v) is 12.9. The van der Waals surface area contributed by atoms with Crippen LogP contribution in [0.1, 0.15) is 31.4 Å². The predicted molar refractivity (Wildman–Crippen MR) is 145 cm³/mol. The molecule has 5 rings (SSSR count). The summed E-state index contributed by atoms with van der Waals surface area (Å²) in [6, 6.07) is 19.2. The van der Waals surface area contributed by atoms with Gasteiger partial charge in [-0.1, -0.05) is 31.5 Å². The molecule has 2 aliphatic rings. The molecule has 0 aliphatic carbocycles. The molecule has 9 nitrogen and oxygen atoms in total. The van der Waals surface area contributed by atoms with Crippen LogP contribution in [0.3, 0.4) is 0 Å². The van der Waals surface area contributed by atoms with E-state index in [4.69, 9.17) is 23.8 Å². The minimum Gasteiger partial charge on any atom is -0.494 e. The van der Waals surface area contributed by atoms with Crippen LogP contribution in [0, 0.1) is 5.92 Å². The highest BCUT2D eigenvalue weighted by molar-refractivity contribution is 6.24. The van der Waals surface area contributed by atoms with Crippen molar-refractivity contribution in [3.05, 3.63) is 72.3 Å². The first kappa shape index (κ1) is 26.4. The monoisotopic (exact) mass is 532 g/mol. The number of unbranched alkanes of at least 4 members (excludes halogenated alkanes) is 1. The van der Waals surface area contributed by atoms with Gasteiger partial charge in [0, 0.05) is 5.56 Å². The Morgan fingerprint density at radius 3 is 2.15 bits per heavy atom. The van der Waals surface area contributed by atoms with Gasteiger partial charge >= 0.3 is 0 Å². The molecule has 0 saturated carbocycles. The molecule has 2 saturated heterocycles. The lowest BCUT2D eigenvalue weighted by atomic mass is 9.89. The molecule has 3 aromatic carbocycles. The van der Waals surface area contributed by atoms with Crippen LogP contribution in [0.25, 0.3) is 0 Å². The zero-order valence-corrected chi connectivity index (χ0v) is 22.5. The van der Waals surface area contributed by atoms with Gasteiger partial charge in [-0.2, -0.15) is 0 Å². The molecule has 39 heavy (non-hydrogen) atoms. The van der Waals surface area contributed by atoms with Crippen molar-refractivity contribution in [1.82, 2.24) is 0 Å². The number of hydrogen-bond acceptors (Lipinski definition) is 8. The first-order chi connectivity index (χ1) is 19.0. The molecule has 2 aliphatic heterocycles. The first-order valence-electron chi connectivity index (χ1n) is 12.9. The maximum absolute atomic E-state index is 14.0. The summed E-state index contributed by atoms with van der Waals surface area (Å²) in [6.07, 6.45) is 0.967. The molecule has 2 fully saturated rings. The number of para-hydroxylation sites is 1.